The Bertz CT molecular complexity index is 444. The lowest BCUT2D eigenvalue weighted by Crippen LogP contribution is -2.40. The molecular weight excluding hydrogens is 244 g/mol. The molecule has 4 N–H and O–H groups in total. The van der Waals surface area contributed by atoms with Crippen molar-refractivity contribution in [3.8, 4) is 0 Å². The smallest absolute Gasteiger partial charge is 0.251 e. The summed E-state index contributed by atoms with van der Waals surface area (Å²) >= 11 is 0. The van der Waals surface area contributed by atoms with Gasteiger partial charge in [-0.15, -0.1) is 0 Å². The van der Waals surface area contributed by atoms with Crippen LogP contribution < -0.4 is 16.5 Å². The van der Waals surface area contributed by atoms with Gasteiger partial charge in [0.2, 0.25) is 0 Å². The quantitative estimate of drug-likeness (QED) is 0.697. The summed E-state index contributed by atoms with van der Waals surface area (Å²) in [6.45, 7) is 5.49. The molecule has 0 saturated carbocycles. The molecule has 104 valence electrons. The number of hydrogen-bond acceptors (Lipinski definition) is 5. The Morgan fingerprint density at radius 3 is 2.84 bits per heavy atom. The molecule has 6 nitrogen and oxygen atoms in total. The number of hydrazine groups is 1. The van der Waals surface area contributed by atoms with Crippen LogP contribution in [-0.2, 0) is 4.74 Å². The number of nitrogen functional groups attached to an aromatic ring is 1. The molecule has 0 aromatic heterocycles. The first-order chi connectivity index (χ1) is 9.20. The van der Waals surface area contributed by atoms with E-state index in [0.29, 0.717) is 31.0 Å². The number of nitrogens with one attached hydrogen (secondary N) is 2. The van der Waals surface area contributed by atoms with Gasteiger partial charge in [0.1, 0.15) is 0 Å². The van der Waals surface area contributed by atoms with Crippen molar-refractivity contribution in [1.29, 1.82) is 0 Å². The number of hydrogen-bond donors (Lipinski definition) is 3. The summed E-state index contributed by atoms with van der Waals surface area (Å²) in [5.41, 5.74) is 11.1. The van der Waals surface area contributed by atoms with E-state index in [2.05, 4.69) is 10.7 Å². The van der Waals surface area contributed by atoms with Gasteiger partial charge in [0.05, 0.1) is 24.6 Å². The maximum atomic E-state index is 11.8. The number of anilines is 2. The van der Waals surface area contributed by atoms with Crippen molar-refractivity contribution in [3.05, 3.63) is 23.8 Å². The minimum absolute atomic E-state index is 0.0903. The van der Waals surface area contributed by atoms with E-state index in [9.17, 15) is 4.79 Å². The maximum Gasteiger partial charge on any atom is 0.251 e. The van der Waals surface area contributed by atoms with Crippen molar-refractivity contribution in [1.82, 2.24) is 10.3 Å². The van der Waals surface area contributed by atoms with Gasteiger partial charge in [0.15, 0.2) is 0 Å². The molecule has 1 aliphatic heterocycles. The van der Waals surface area contributed by atoms with Gasteiger partial charge >= 0.3 is 0 Å². The van der Waals surface area contributed by atoms with Crippen LogP contribution >= 0.6 is 0 Å². The van der Waals surface area contributed by atoms with Crippen LogP contribution in [0.3, 0.4) is 0 Å². The number of ether oxygens (including phenoxy) is 1. The zero-order valence-corrected chi connectivity index (χ0v) is 11.1. The van der Waals surface area contributed by atoms with Crippen LogP contribution in [0, 0.1) is 0 Å². The fourth-order valence-electron chi connectivity index (χ4n) is 1.90. The standard InChI is InChI=1S/C13H20N4O2/c1-2-15-13(18)10-3-4-11(14)12(9-10)16-17-5-7-19-8-6-17/h3-4,9,16H,2,5-8,14H2,1H3,(H,15,18). The molecule has 0 atom stereocenters. The summed E-state index contributed by atoms with van der Waals surface area (Å²) in [6.07, 6.45) is 0. The first-order valence-corrected chi connectivity index (χ1v) is 6.47. The second kappa shape index (κ2) is 6.40. The molecule has 19 heavy (non-hydrogen) atoms. The third kappa shape index (κ3) is 3.59. The largest absolute Gasteiger partial charge is 0.397 e. The van der Waals surface area contributed by atoms with Gasteiger partial charge in [-0.1, -0.05) is 0 Å². The minimum atomic E-state index is -0.0903. The van der Waals surface area contributed by atoms with Gasteiger partial charge in [-0.05, 0) is 25.1 Å². The van der Waals surface area contributed by atoms with E-state index in [1.54, 1.807) is 18.2 Å². The zero-order chi connectivity index (χ0) is 13.7. The van der Waals surface area contributed by atoms with E-state index in [0.717, 1.165) is 18.8 Å². The van der Waals surface area contributed by atoms with Crippen molar-refractivity contribution < 1.29 is 9.53 Å². The Labute approximate surface area is 112 Å². The molecule has 0 radical (unpaired) electrons. The van der Waals surface area contributed by atoms with E-state index in [1.165, 1.54) is 0 Å². The molecule has 0 spiro atoms. The first kappa shape index (κ1) is 13.6. The Kier molecular flexibility index (Phi) is 4.59. The number of morpholine rings is 1. The molecule has 1 saturated heterocycles. The van der Waals surface area contributed by atoms with Crippen molar-refractivity contribution in [3.63, 3.8) is 0 Å². The lowest BCUT2D eigenvalue weighted by molar-refractivity contribution is 0.0497. The van der Waals surface area contributed by atoms with Crippen LogP contribution in [0.25, 0.3) is 0 Å². The number of rotatable bonds is 4. The fourth-order valence-corrected chi connectivity index (χ4v) is 1.90. The van der Waals surface area contributed by atoms with Crippen LogP contribution in [0.4, 0.5) is 11.4 Å². The Morgan fingerprint density at radius 1 is 1.42 bits per heavy atom. The number of benzene rings is 1. The molecule has 1 heterocycles. The van der Waals surface area contributed by atoms with Gasteiger partial charge < -0.3 is 21.2 Å². The molecule has 1 fully saturated rings. The van der Waals surface area contributed by atoms with Crippen LogP contribution in [-0.4, -0.2) is 43.8 Å². The highest BCUT2D eigenvalue weighted by Gasteiger charge is 2.13. The zero-order valence-electron chi connectivity index (χ0n) is 11.1. The fraction of sp³-hybridized carbons (Fsp3) is 0.462. The minimum Gasteiger partial charge on any atom is -0.397 e. The second-order valence-corrected chi connectivity index (χ2v) is 4.37. The lowest BCUT2D eigenvalue weighted by atomic mass is 10.1. The third-order valence-electron chi connectivity index (χ3n) is 2.94. The molecule has 2 rings (SSSR count). The lowest BCUT2D eigenvalue weighted by Gasteiger charge is -2.28. The summed E-state index contributed by atoms with van der Waals surface area (Å²) in [5, 5.41) is 4.81. The third-order valence-corrected chi connectivity index (χ3v) is 2.94. The molecule has 1 aromatic carbocycles. The highest BCUT2D eigenvalue weighted by atomic mass is 16.5. The molecule has 0 unspecified atom stereocenters. The summed E-state index contributed by atoms with van der Waals surface area (Å²) < 4.78 is 5.28. The molecular formula is C13H20N4O2. The van der Waals surface area contributed by atoms with Crippen LogP contribution in [0.15, 0.2) is 18.2 Å². The maximum absolute atomic E-state index is 11.8. The van der Waals surface area contributed by atoms with Gasteiger partial charge in [-0.2, -0.15) is 0 Å². The van der Waals surface area contributed by atoms with Crippen LogP contribution in [0.1, 0.15) is 17.3 Å². The normalized spacial score (nSPS) is 16.1. The van der Waals surface area contributed by atoms with Crippen molar-refractivity contribution in [2.45, 2.75) is 6.92 Å². The highest BCUT2D eigenvalue weighted by Crippen LogP contribution is 2.21. The van der Waals surface area contributed by atoms with Crippen molar-refractivity contribution >= 4 is 17.3 Å². The van der Waals surface area contributed by atoms with E-state index < -0.39 is 0 Å². The molecule has 0 bridgehead atoms. The average Bonchev–Trinajstić information content (AvgIpc) is 2.42. The van der Waals surface area contributed by atoms with Gasteiger partial charge in [-0.25, -0.2) is 5.01 Å². The number of nitrogens with two attached hydrogens (primary N) is 1. The predicted octanol–water partition coefficient (Wildman–Crippen LogP) is 0.678. The topological polar surface area (TPSA) is 79.6 Å². The molecule has 6 heteroatoms. The summed E-state index contributed by atoms with van der Waals surface area (Å²) in [4.78, 5) is 11.8. The van der Waals surface area contributed by atoms with E-state index >= 15 is 0 Å². The molecule has 1 amide bonds. The predicted molar refractivity (Wildman–Crippen MR) is 74.9 cm³/mol. The Hall–Kier alpha value is -1.79. The van der Waals surface area contributed by atoms with Crippen molar-refractivity contribution in [2.24, 2.45) is 0 Å². The number of carbonyl (C=O) groups excluding carboxylic acids is 1. The number of amides is 1. The second-order valence-electron chi connectivity index (χ2n) is 4.37. The SMILES string of the molecule is CCNC(=O)c1ccc(N)c(NN2CCOCC2)c1. The Balaban J connectivity index is 2.10. The summed E-state index contributed by atoms with van der Waals surface area (Å²) in [7, 11) is 0. The van der Waals surface area contributed by atoms with Gasteiger partial charge in [0, 0.05) is 25.2 Å². The summed E-state index contributed by atoms with van der Waals surface area (Å²) in [5.74, 6) is -0.0903. The van der Waals surface area contributed by atoms with Crippen LogP contribution in [0.5, 0.6) is 0 Å². The van der Waals surface area contributed by atoms with Crippen molar-refractivity contribution in [2.75, 3.05) is 44.0 Å². The number of nitrogens with zero attached hydrogens (tertiary/aromatic N) is 1. The monoisotopic (exact) mass is 264 g/mol. The molecule has 1 aromatic rings. The van der Waals surface area contributed by atoms with Gasteiger partial charge in [0.25, 0.3) is 5.91 Å². The van der Waals surface area contributed by atoms with E-state index in [-0.39, 0.29) is 5.91 Å². The summed E-state index contributed by atoms with van der Waals surface area (Å²) in [6, 6.07) is 5.24. The number of carbonyl (C=O) groups is 1. The average molecular weight is 264 g/mol. The van der Waals surface area contributed by atoms with Gasteiger partial charge in [-0.3, -0.25) is 4.79 Å². The first-order valence-electron chi connectivity index (χ1n) is 6.47. The highest BCUT2D eigenvalue weighted by molar-refractivity contribution is 5.96. The van der Waals surface area contributed by atoms with E-state index in [4.69, 9.17) is 10.5 Å². The molecule has 0 aliphatic carbocycles. The molecule has 1 aliphatic rings. The Morgan fingerprint density at radius 2 is 2.16 bits per heavy atom. The van der Waals surface area contributed by atoms with Crippen LogP contribution in [0.2, 0.25) is 0 Å². The van der Waals surface area contributed by atoms with E-state index in [1.807, 2.05) is 11.9 Å².